The molecule has 0 radical (unpaired) electrons. The number of rotatable bonds is 4. The molecule has 0 saturated carbocycles. The summed E-state index contributed by atoms with van der Waals surface area (Å²) in [5.74, 6) is -1.69. The molecule has 1 saturated heterocycles. The van der Waals surface area contributed by atoms with E-state index in [1.807, 2.05) is 0 Å². The van der Waals surface area contributed by atoms with Crippen LogP contribution in [0.15, 0.2) is 55.0 Å². The fourth-order valence-electron chi connectivity index (χ4n) is 3.66. The van der Waals surface area contributed by atoms with Gasteiger partial charge in [0.25, 0.3) is 0 Å². The van der Waals surface area contributed by atoms with Crippen LogP contribution in [0.5, 0.6) is 5.75 Å². The molecule has 1 atom stereocenters. The molecule has 156 valence electrons. The van der Waals surface area contributed by atoms with Crippen LogP contribution in [0.2, 0.25) is 0 Å². The zero-order valence-electron chi connectivity index (χ0n) is 16.4. The van der Waals surface area contributed by atoms with E-state index in [1.54, 1.807) is 36.1 Å². The molecular weight excluding hydrogens is 390 g/mol. The molecule has 3 heterocycles. The van der Waals surface area contributed by atoms with E-state index < -0.39 is 17.1 Å². The van der Waals surface area contributed by atoms with E-state index in [9.17, 15) is 19.5 Å². The minimum absolute atomic E-state index is 0.121. The van der Waals surface area contributed by atoms with Gasteiger partial charge in [-0.2, -0.15) is 0 Å². The van der Waals surface area contributed by atoms with Crippen molar-refractivity contribution < 1.29 is 23.5 Å². The van der Waals surface area contributed by atoms with Crippen molar-refractivity contribution in [3.63, 3.8) is 0 Å². The van der Waals surface area contributed by atoms with Gasteiger partial charge in [-0.25, -0.2) is 0 Å². The second kappa shape index (κ2) is 8.16. The van der Waals surface area contributed by atoms with Crippen molar-refractivity contribution in [2.24, 2.45) is 0 Å². The maximum atomic E-state index is 13.2. The maximum Gasteiger partial charge on any atom is 0.227 e. The van der Waals surface area contributed by atoms with E-state index in [0.717, 1.165) is 6.07 Å². The van der Waals surface area contributed by atoms with E-state index >= 15 is 0 Å². The highest BCUT2D eigenvalue weighted by Crippen LogP contribution is 2.33. The first-order chi connectivity index (χ1) is 14.5. The fourth-order valence-corrected chi connectivity index (χ4v) is 3.66. The summed E-state index contributed by atoms with van der Waals surface area (Å²) >= 11 is 0. The third-order valence-corrected chi connectivity index (χ3v) is 5.21. The van der Waals surface area contributed by atoms with Crippen LogP contribution in [0.1, 0.15) is 29.4 Å². The highest BCUT2D eigenvalue weighted by molar-refractivity contribution is 5.79. The number of ether oxygens (including phenoxy) is 1. The van der Waals surface area contributed by atoms with Crippen LogP contribution in [-0.2, 0) is 9.53 Å². The van der Waals surface area contributed by atoms with Crippen molar-refractivity contribution >= 4 is 16.9 Å². The average Bonchev–Trinajstić information content (AvgIpc) is 2.76. The number of aryl methyl sites for hydroxylation is 1. The molecular formula is C22H21NO7. The van der Waals surface area contributed by atoms with Crippen molar-refractivity contribution in [2.75, 3.05) is 26.3 Å². The number of aromatic hydroxyl groups is 1. The van der Waals surface area contributed by atoms with E-state index in [-0.39, 0.29) is 34.8 Å². The third kappa shape index (κ3) is 3.73. The lowest BCUT2D eigenvalue weighted by Gasteiger charge is -2.28. The molecule has 1 fully saturated rings. The number of morpholine rings is 1. The molecule has 30 heavy (non-hydrogen) atoms. The SMILES string of the molecule is Cc1cc(=O)c(O)c(C(CC(=O)N2CCOCC2)c2coc3ccccc3c2=O)o1. The monoisotopic (exact) mass is 411 g/mol. The molecule has 1 aliphatic rings. The molecule has 3 aromatic rings. The molecule has 8 nitrogen and oxygen atoms in total. The first-order valence-corrected chi connectivity index (χ1v) is 9.65. The zero-order valence-corrected chi connectivity index (χ0v) is 16.4. The van der Waals surface area contributed by atoms with Gasteiger partial charge in [-0.3, -0.25) is 14.4 Å². The summed E-state index contributed by atoms with van der Waals surface area (Å²) in [5, 5.41) is 10.7. The Labute approximate surface area is 171 Å². The molecule has 4 rings (SSSR count). The topological polar surface area (TPSA) is 110 Å². The van der Waals surface area contributed by atoms with Gasteiger partial charge in [0.05, 0.1) is 30.8 Å². The lowest BCUT2D eigenvalue weighted by atomic mass is 9.91. The highest BCUT2D eigenvalue weighted by Gasteiger charge is 2.31. The van der Waals surface area contributed by atoms with Crippen LogP contribution in [-0.4, -0.2) is 42.2 Å². The number of nitrogens with zero attached hydrogens (tertiary/aromatic N) is 1. The Hall–Kier alpha value is -3.39. The molecule has 0 spiro atoms. The minimum Gasteiger partial charge on any atom is -0.502 e. The summed E-state index contributed by atoms with van der Waals surface area (Å²) in [4.78, 5) is 39.9. The van der Waals surface area contributed by atoms with Gasteiger partial charge in [-0.05, 0) is 19.1 Å². The van der Waals surface area contributed by atoms with Crippen molar-refractivity contribution in [1.29, 1.82) is 0 Å². The molecule has 1 unspecified atom stereocenters. The summed E-state index contributed by atoms with van der Waals surface area (Å²) < 4.78 is 16.5. The second-order valence-corrected chi connectivity index (χ2v) is 7.20. The Morgan fingerprint density at radius 1 is 1.20 bits per heavy atom. The smallest absolute Gasteiger partial charge is 0.227 e. The molecule has 1 aromatic carbocycles. The van der Waals surface area contributed by atoms with Gasteiger partial charge >= 0.3 is 0 Å². The summed E-state index contributed by atoms with van der Waals surface area (Å²) in [5.41, 5.74) is -0.443. The quantitative estimate of drug-likeness (QED) is 0.700. The normalized spacial score (nSPS) is 15.3. The van der Waals surface area contributed by atoms with Crippen LogP contribution in [0.25, 0.3) is 11.0 Å². The minimum atomic E-state index is -0.978. The first-order valence-electron chi connectivity index (χ1n) is 9.65. The fraction of sp³-hybridized carbons (Fsp3) is 0.318. The van der Waals surface area contributed by atoms with Crippen LogP contribution < -0.4 is 10.9 Å². The Morgan fingerprint density at radius 2 is 1.93 bits per heavy atom. The Morgan fingerprint density at radius 3 is 2.70 bits per heavy atom. The summed E-state index contributed by atoms with van der Waals surface area (Å²) in [6.07, 6.45) is 1.10. The van der Waals surface area contributed by atoms with Crippen LogP contribution in [0.4, 0.5) is 0 Å². The van der Waals surface area contributed by atoms with E-state index in [4.69, 9.17) is 13.6 Å². The highest BCUT2D eigenvalue weighted by atomic mass is 16.5. The van der Waals surface area contributed by atoms with Crippen molar-refractivity contribution in [1.82, 2.24) is 4.90 Å². The van der Waals surface area contributed by atoms with E-state index in [0.29, 0.717) is 37.3 Å². The predicted molar refractivity (Wildman–Crippen MR) is 108 cm³/mol. The Balaban J connectivity index is 1.84. The van der Waals surface area contributed by atoms with Gasteiger partial charge in [0.15, 0.2) is 11.2 Å². The molecule has 8 heteroatoms. The molecule has 0 aliphatic carbocycles. The summed E-state index contributed by atoms with van der Waals surface area (Å²) in [6.45, 7) is 3.29. The second-order valence-electron chi connectivity index (χ2n) is 7.20. The summed E-state index contributed by atoms with van der Waals surface area (Å²) in [7, 11) is 0. The van der Waals surface area contributed by atoms with E-state index in [1.165, 1.54) is 6.26 Å². The van der Waals surface area contributed by atoms with Gasteiger partial charge < -0.3 is 23.6 Å². The largest absolute Gasteiger partial charge is 0.502 e. The molecule has 2 aromatic heterocycles. The van der Waals surface area contributed by atoms with Gasteiger partial charge in [0, 0.05) is 31.1 Å². The predicted octanol–water partition coefficient (Wildman–Crippen LogP) is 2.14. The van der Waals surface area contributed by atoms with Crippen LogP contribution in [0, 0.1) is 6.92 Å². The maximum absolute atomic E-state index is 13.2. The molecule has 1 amide bonds. The van der Waals surface area contributed by atoms with Gasteiger partial charge in [-0.15, -0.1) is 0 Å². The molecule has 1 N–H and O–H groups in total. The van der Waals surface area contributed by atoms with Crippen molar-refractivity contribution in [2.45, 2.75) is 19.3 Å². The van der Waals surface area contributed by atoms with Crippen LogP contribution in [0.3, 0.4) is 0 Å². The number of carbonyl (C=O) groups excluding carboxylic acids is 1. The standard InChI is InChI=1S/C22H21NO7/c1-13-10-17(24)21(27)22(30-13)15(11-19(25)23-6-8-28-9-7-23)16-12-29-18-5-3-2-4-14(18)20(16)26/h2-5,10,12,15,27H,6-9,11H2,1H3. The van der Waals surface area contributed by atoms with Gasteiger partial charge in [-0.1, -0.05) is 12.1 Å². The van der Waals surface area contributed by atoms with Crippen LogP contribution >= 0.6 is 0 Å². The molecule has 0 bridgehead atoms. The number of fused-ring (bicyclic) bond motifs is 1. The summed E-state index contributed by atoms with van der Waals surface area (Å²) in [6, 6.07) is 7.90. The number of amides is 1. The zero-order chi connectivity index (χ0) is 21.3. The Bertz CT molecular complexity index is 1200. The third-order valence-electron chi connectivity index (χ3n) is 5.21. The number of carbonyl (C=O) groups is 1. The van der Waals surface area contributed by atoms with Crippen molar-refractivity contribution in [3.05, 3.63) is 74.1 Å². The van der Waals surface area contributed by atoms with Crippen molar-refractivity contribution in [3.8, 4) is 5.75 Å². The average molecular weight is 411 g/mol. The molecule has 1 aliphatic heterocycles. The van der Waals surface area contributed by atoms with E-state index in [2.05, 4.69) is 0 Å². The first kappa shape index (κ1) is 19.9. The number of benzene rings is 1. The Kier molecular flexibility index (Phi) is 5.41. The number of hydrogen-bond acceptors (Lipinski definition) is 7. The lowest BCUT2D eigenvalue weighted by molar-refractivity contribution is -0.135. The number of para-hydroxylation sites is 1. The van der Waals surface area contributed by atoms with Gasteiger partial charge in [0.1, 0.15) is 11.3 Å². The lowest BCUT2D eigenvalue weighted by Crippen LogP contribution is -2.41. The van der Waals surface area contributed by atoms with Gasteiger partial charge in [0.2, 0.25) is 17.1 Å². The number of hydrogen-bond donors (Lipinski definition) is 1.